The second-order valence-electron chi connectivity index (χ2n) is 5.32. The highest BCUT2D eigenvalue weighted by molar-refractivity contribution is 5.94. The molecule has 5 heteroatoms. The average Bonchev–Trinajstić information content (AvgIpc) is 2.61. The zero-order valence-electron chi connectivity index (χ0n) is 13.8. The van der Waals surface area contributed by atoms with Crippen LogP contribution in [-0.4, -0.2) is 37.4 Å². The predicted molar refractivity (Wildman–Crippen MR) is 92.6 cm³/mol. The number of carbonyl (C=O) groups is 1. The van der Waals surface area contributed by atoms with Crippen LogP contribution in [-0.2, 0) is 0 Å². The highest BCUT2D eigenvalue weighted by Crippen LogP contribution is 2.17. The number of carbonyl (C=O) groups excluding carboxylic acids is 1. The van der Waals surface area contributed by atoms with E-state index in [9.17, 15) is 4.79 Å². The molecule has 5 nitrogen and oxygen atoms in total. The first-order chi connectivity index (χ1) is 11.7. The number of aryl methyl sites for hydroxylation is 1. The molecule has 0 spiro atoms. The van der Waals surface area contributed by atoms with Crippen molar-refractivity contribution in [3.63, 3.8) is 0 Å². The van der Waals surface area contributed by atoms with Crippen molar-refractivity contribution < 1.29 is 19.4 Å². The molecule has 128 valence electrons. The minimum Gasteiger partial charge on any atom is -0.493 e. The van der Waals surface area contributed by atoms with Gasteiger partial charge < -0.3 is 19.9 Å². The quantitative estimate of drug-likeness (QED) is 0.694. The summed E-state index contributed by atoms with van der Waals surface area (Å²) in [6.45, 7) is 3.25. The number of para-hydroxylation sites is 1. The van der Waals surface area contributed by atoms with Crippen molar-refractivity contribution in [1.82, 2.24) is 5.32 Å². The van der Waals surface area contributed by atoms with Gasteiger partial charge in [-0.25, -0.2) is 0 Å². The van der Waals surface area contributed by atoms with Crippen molar-refractivity contribution in [2.45, 2.75) is 13.3 Å². The maximum atomic E-state index is 11.8. The van der Waals surface area contributed by atoms with Crippen LogP contribution in [0.4, 0.5) is 0 Å². The molecule has 0 heterocycles. The van der Waals surface area contributed by atoms with E-state index in [4.69, 9.17) is 14.6 Å². The van der Waals surface area contributed by atoms with Crippen LogP contribution in [0.5, 0.6) is 11.5 Å². The predicted octanol–water partition coefficient (Wildman–Crippen LogP) is 2.57. The van der Waals surface area contributed by atoms with Gasteiger partial charge in [0.15, 0.2) is 0 Å². The molecule has 0 bridgehead atoms. The van der Waals surface area contributed by atoms with Gasteiger partial charge in [-0.15, -0.1) is 0 Å². The van der Waals surface area contributed by atoms with Gasteiger partial charge in [0, 0.05) is 18.5 Å². The van der Waals surface area contributed by atoms with E-state index in [0.29, 0.717) is 24.5 Å². The lowest BCUT2D eigenvalue weighted by Gasteiger charge is -2.10. The van der Waals surface area contributed by atoms with Crippen molar-refractivity contribution in [3.8, 4) is 11.5 Å². The Hall–Kier alpha value is -2.53. The molecule has 0 saturated carbocycles. The third-order valence-corrected chi connectivity index (χ3v) is 3.40. The minimum atomic E-state index is -0.225. The Morgan fingerprint density at radius 3 is 2.67 bits per heavy atom. The summed E-state index contributed by atoms with van der Waals surface area (Å²) in [5.74, 6) is 1.31. The van der Waals surface area contributed by atoms with Crippen LogP contribution in [0, 0.1) is 6.92 Å². The summed E-state index contributed by atoms with van der Waals surface area (Å²) in [6.07, 6.45) is 0.745. The number of rotatable bonds is 9. The molecule has 0 fully saturated rings. The maximum absolute atomic E-state index is 11.8. The summed E-state index contributed by atoms with van der Waals surface area (Å²) in [6, 6.07) is 14.9. The Balaban J connectivity index is 1.74. The van der Waals surface area contributed by atoms with Crippen molar-refractivity contribution in [2.75, 3.05) is 26.4 Å². The number of amides is 1. The minimum absolute atomic E-state index is 0.0805. The molecule has 0 aliphatic heterocycles. The molecule has 2 rings (SSSR count). The van der Waals surface area contributed by atoms with E-state index in [1.165, 1.54) is 0 Å². The van der Waals surface area contributed by atoms with Crippen LogP contribution in [0.1, 0.15) is 22.3 Å². The zero-order chi connectivity index (χ0) is 17.2. The summed E-state index contributed by atoms with van der Waals surface area (Å²) in [7, 11) is 0. The lowest BCUT2D eigenvalue weighted by atomic mass is 10.2. The number of benzene rings is 2. The zero-order valence-corrected chi connectivity index (χ0v) is 13.8. The largest absolute Gasteiger partial charge is 0.493 e. The van der Waals surface area contributed by atoms with Gasteiger partial charge in [0.1, 0.15) is 11.5 Å². The Morgan fingerprint density at radius 1 is 1.08 bits per heavy atom. The van der Waals surface area contributed by atoms with Gasteiger partial charge in [-0.3, -0.25) is 4.79 Å². The highest BCUT2D eigenvalue weighted by atomic mass is 16.5. The maximum Gasteiger partial charge on any atom is 0.251 e. The first-order valence-electron chi connectivity index (χ1n) is 8.01. The van der Waals surface area contributed by atoms with Gasteiger partial charge in [0.2, 0.25) is 0 Å². The average molecular weight is 329 g/mol. The van der Waals surface area contributed by atoms with Crippen LogP contribution in [0.3, 0.4) is 0 Å². The first kappa shape index (κ1) is 17.8. The molecule has 2 aromatic rings. The molecule has 0 saturated heterocycles. The number of nitrogens with one attached hydrogen (secondary N) is 1. The molecule has 0 aromatic heterocycles. The molecule has 0 aliphatic rings. The van der Waals surface area contributed by atoms with Crippen LogP contribution >= 0.6 is 0 Å². The van der Waals surface area contributed by atoms with Crippen LogP contribution in [0.25, 0.3) is 0 Å². The van der Waals surface area contributed by atoms with Gasteiger partial charge in [0.05, 0.1) is 19.8 Å². The first-order valence-corrected chi connectivity index (χ1v) is 8.01. The lowest BCUT2D eigenvalue weighted by Crippen LogP contribution is -2.26. The standard InChI is InChI=1S/C19H23NO4/c1-15-6-2-3-9-18(15)24-13-5-12-23-17-8-4-7-16(14-17)19(22)20-10-11-21/h2-4,6-9,14,21H,5,10-13H2,1H3,(H,20,22). The lowest BCUT2D eigenvalue weighted by molar-refractivity contribution is 0.0944. The van der Waals surface area contributed by atoms with E-state index in [1.807, 2.05) is 37.3 Å². The van der Waals surface area contributed by atoms with Gasteiger partial charge in [-0.05, 0) is 36.8 Å². The molecular weight excluding hydrogens is 306 g/mol. The third-order valence-electron chi connectivity index (χ3n) is 3.40. The van der Waals surface area contributed by atoms with E-state index >= 15 is 0 Å². The number of aliphatic hydroxyl groups is 1. The fraction of sp³-hybridized carbons (Fsp3) is 0.316. The Kier molecular flexibility index (Phi) is 7.11. The van der Waals surface area contributed by atoms with E-state index in [2.05, 4.69) is 5.32 Å². The molecule has 2 N–H and O–H groups in total. The van der Waals surface area contributed by atoms with Crippen LogP contribution in [0.15, 0.2) is 48.5 Å². The summed E-state index contributed by atoms with van der Waals surface area (Å²) in [5, 5.41) is 11.3. The van der Waals surface area contributed by atoms with Gasteiger partial charge >= 0.3 is 0 Å². The molecule has 0 radical (unpaired) electrons. The number of hydrogen-bond donors (Lipinski definition) is 2. The van der Waals surface area contributed by atoms with Crippen molar-refractivity contribution in [3.05, 3.63) is 59.7 Å². The SMILES string of the molecule is Cc1ccccc1OCCCOc1cccc(C(=O)NCCO)c1. The Morgan fingerprint density at radius 2 is 1.88 bits per heavy atom. The second-order valence-corrected chi connectivity index (χ2v) is 5.32. The van der Waals surface area contributed by atoms with Gasteiger partial charge in [0.25, 0.3) is 5.91 Å². The summed E-state index contributed by atoms with van der Waals surface area (Å²) in [4.78, 5) is 11.8. The van der Waals surface area contributed by atoms with Crippen LogP contribution in [0.2, 0.25) is 0 Å². The van der Waals surface area contributed by atoms with E-state index in [1.54, 1.807) is 18.2 Å². The molecule has 2 aromatic carbocycles. The third kappa shape index (κ3) is 5.59. The molecular formula is C19H23NO4. The topological polar surface area (TPSA) is 67.8 Å². The highest BCUT2D eigenvalue weighted by Gasteiger charge is 2.06. The molecule has 1 amide bonds. The number of hydrogen-bond acceptors (Lipinski definition) is 4. The van der Waals surface area contributed by atoms with Crippen LogP contribution < -0.4 is 14.8 Å². The normalized spacial score (nSPS) is 10.2. The molecule has 0 aliphatic carbocycles. The van der Waals surface area contributed by atoms with E-state index < -0.39 is 0 Å². The molecule has 0 unspecified atom stereocenters. The van der Waals surface area contributed by atoms with E-state index in [0.717, 1.165) is 17.7 Å². The number of ether oxygens (including phenoxy) is 2. The van der Waals surface area contributed by atoms with Crippen molar-refractivity contribution in [1.29, 1.82) is 0 Å². The summed E-state index contributed by atoms with van der Waals surface area (Å²) < 4.78 is 11.4. The Bertz CT molecular complexity index is 657. The monoisotopic (exact) mass is 329 g/mol. The van der Waals surface area contributed by atoms with Crippen molar-refractivity contribution >= 4 is 5.91 Å². The van der Waals surface area contributed by atoms with Gasteiger partial charge in [-0.2, -0.15) is 0 Å². The fourth-order valence-corrected chi connectivity index (χ4v) is 2.15. The molecule has 0 atom stereocenters. The second kappa shape index (κ2) is 9.57. The van der Waals surface area contributed by atoms with Gasteiger partial charge in [-0.1, -0.05) is 24.3 Å². The fourth-order valence-electron chi connectivity index (χ4n) is 2.15. The molecule has 24 heavy (non-hydrogen) atoms. The summed E-state index contributed by atoms with van der Waals surface area (Å²) in [5.41, 5.74) is 1.62. The Labute approximate surface area is 142 Å². The van der Waals surface area contributed by atoms with E-state index in [-0.39, 0.29) is 19.1 Å². The summed E-state index contributed by atoms with van der Waals surface area (Å²) >= 11 is 0. The van der Waals surface area contributed by atoms with Crippen molar-refractivity contribution in [2.24, 2.45) is 0 Å². The smallest absolute Gasteiger partial charge is 0.251 e. The number of aliphatic hydroxyl groups excluding tert-OH is 1.